The summed E-state index contributed by atoms with van der Waals surface area (Å²) in [6, 6.07) is 7.35. The van der Waals surface area contributed by atoms with E-state index in [-0.39, 0.29) is 22.4 Å². The van der Waals surface area contributed by atoms with Crippen LogP contribution < -0.4 is 0 Å². The monoisotopic (exact) mass is 585 g/mol. The van der Waals surface area contributed by atoms with Crippen molar-refractivity contribution in [2.75, 3.05) is 6.54 Å². The predicted molar refractivity (Wildman–Crippen MR) is 113 cm³/mol. The van der Waals surface area contributed by atoms with Crippen LogP contribution in [0.5, 0.6) is 0 Å². The molecule has 0 saturated heterocycles. The minimum atomic E-state index is -4.79. The topological polar surface area (TPSA) is 38.7 Å². The van der Waals surface area contributed by atoms with Crippen molar-refractivity contribution in [3.63, 3.8) is 0 Å². The summed E-state index contributed by atoms with van der Waals surface area (Å²) in [4.78, 5) is 15.0. The van der Waals surface area contributed by atoms with Crippen LogP contribution in [0.3, 0.4) is 0 Å². The average molecular weight is 587 g/mol. The van der Waals surface area contributed by atoms with Crippen molar-refractivity contribution < 1.29 is 35.9 Å². The summed E-state index contributed by atoms with van der Waals surface area (Å²) in [5.74, 6) is -0.752. The first-order chi connectivity index (χ1) is 14.7. The Balaban J connectivity index is 2.02. The van der Waals surface area contributed by atoms with Crippen LogP contribution in [0.15, 0.2) is 50.3 Å². The molecule has 1 aliphatic heterocycles. The van der Waals surface area contributed by atoms with Crippen LogP contribution in [0.1, 0.15) is 35.6 Å². The lowest BCUT2D eigenvalue weighted by atomic mass is 9.76. The molecule has 172 valence electrons. The van der Waals surface area contributed by atoms with Crippen LogP contribution in [-0.4, -0.2) is 24.4 Å². The smallest absolute Gasteiger partial charge is 0.416 e. The molecular formula is C21H15Br2F6NO2. The Labute approximate surface area is 196 Å². The third kappa shape index (κ3) is 5.03. The molecule has 3 rings (SSSR count). The van der Waals surface area contributed by atoms with Gasteiger partial charge in [-0.15, -0.1) is 0 Å². The molecule has 0 bridgehead atoms. The second-order valence-electron chi connectivity index (χ2n) is 7.33. The average Bonchev–Trinajstić information content (AvgIpc) is 3.11. The van der Waals surface area contributed by atoms with Gasteiger partial charge in [0.1, 0.15) is 12.0 Å². The molecule has 32 heavy (non-hydrogen) atoms. The third-order valence-corrected chi connectivity index (χ3v) is 6.06. The number of halogens is 8. The predicted octanol–water partition coefficient (Wildman–Crippen LogP) is 6.99. The molecule has 0 amide bonds. The van der Waals surface area contributed by atoms with Gasteiger partial charge in [0.15, 0.2) is 0 Å². The molecule has 0 aromatic heterocycles. The fourth-order valence-electron chi connectivity index (χ4n) is 3.52. The first-order valence-electron chi connectivity index (χ1n) is 9.13. The van der Waals surface area contributed by atoms with Crippen molar-refractivity contribution in [2.45, 2.75) is 37.7 Å². The van der Waals surface area contributed by atoms with Crippen molar-refractivity contribution >= 4 is 43.5 Å². The van der Waals surface area contributed by atoms with Gasteiger partial charge < -0.3 is 4.74 Å². The second kappa shape index (κ2) is 8.81. The Bertz CT molecular complexity index is 1060. The van der Waals surface area contributed by atoms with Crippen molar-refractivity contribution in [1.29, 1.82) is 0 Å². The number of nitrogens with zero attached hydrogens (tertiary/aromatic N) is 1. The SMILES string of the molecule is CC(=O)OCc1ccc(C2=NCC(c3cc(Br)cc(Br)c3)(C(F)(F)F)C2)cc1C(F)(F)F. The van der Waals surface area contributed by atoms with Gasteiger partial charge >= 0.3 is 18.3 Å². The van der Waals surface area contributed by atoms with E-state index in [0.29, 0.717) is 8.95 Å². The highest BCUT2D eigenvalue weighted by Crippen LogP contribution is 2.49. The number of hydrogen-bond donors (Lipinski definition) is 0. The van der Waals surface area contributed by atoms with E-state index in [2.05, 4.69) is 41.6 Å². The summed E-state index contributed by atoms with van der Waals surface area (Å²) in [7, 11) is 0. The number of alkyl halides is 6. The van der Waals surface area contributed by atoms with E-state index in [1.54, 1.807) is 6.07 Å². The Kier molecular flexibility index (Phi) is 6.82. The van der Waals surface area contributed by atoms with Gasteiger partial charge in [0, 0.05) is 33.6 Å². The maximum absolute atomic E-state index is 14.2. The second-order valence-corrected chi connectivity index (χ2v) is 9.16. The van der Waals surface area contributed by atoms with Crippen LogP contribution in [0, 0.1) is 0 Å². The van der Waals surface area contributed by atoms with Crippen LogP contribution in [0.25, 0.3) is 0 Å². The number of carbonyl (C=O) groups excluding carboxylic acids is 1. The fourth-order valence-corrected chi connectivity index (χ4v) is 4.82. The zero-order valence-corrected chi connectivity index (χ0v) is 19.5. The van der Waals surface area contributed by atoms with Crippen LogP contribution >= 0.6 is 31.9 Å². The molecule has 2 aromatic rings. The molecule has 0 fully saturated rings. The fraction of sp³-hybridized carbons (Fsp3) is 0.333. The summed E-state index contributed by atoms with van der Waals surface area (Å²) >= 11 is 6.36. The van der Waals surface area contributed by atoms with Crippen LogP contribution in [-0.2, 0) is 27.7 Å². The van der Waals surface area contributed by atoms with Gasteiger partial charge in [-0.1, -0.05) is 44.0 Å². The molecule has 2 aromatic carbocycles. The summed E-state index contributed by atoms with van der Waals surface area (Å²) in [5, 5.41) is 0. The standard InChI is InChI=1S/C21H15Br2F6NO2/c1-11(31)32-9-13-3-2-12(4-17(13)20(24,25)26)18-8-19(10-30-18,21(27,28)29)14-5-15(22)7-16(23)6-14/h2-7H,8-10H2,1H3. The van der Waals surface area contributed by atoms with E-state index in [4.69, 9.17) is 0 Å². The first kappa shape index (κ1) is 24.8. The van der Waals surface area contributed by atoms with Gasteiger partial charge in [-0.25, -0.2) is 0 Å². The molecule has 1 heterocycles. The maximum Gasteiger partial charge on any atom is 0.416 e. The molecule has 0 saturated carbocycles. The number of aliphatic imine (C=N–C) groups is 1. The molecule has 0 spiro atoms. The highest BCUT2D eigenvalue weighted by atomic mass is 79.9. The Morgan fingerprint density at radius 3 is 2.22 bits per heavy atom. The summed E-state index contributed by atoms with van der Waals surface area (Å²) < 4.78 is 88.9. The van der Waals surface area contributed by atoms with E-state index in [9.17, 15) is 31.1 Å². The van der Waals surface area contributed by atoms with Crippen LogP contribution in [0.4, 0.5) is 26.3 Å². The van der Waals surface area contributed by atoms with Crippen LogP contribution in [0.2, 0.25) is 0 Å². The molecular weight excluding hydrogens is 572 g/mol. The van der Waals surface area contributed by atoms with E-state index in [1.165, 1.54) is 18.2 Å². The zero-order chi connectivity index (χ0) is 23.9. The highest BCUT2D eigenvalue weighted by Gasteiger charge is 2.58. The minimum absolute atomic E-state index is 0.0486. The van der Waals surface area contributed by atoms with Gasteiger partial charge in [0.25, 0.3) is 0 Å². The van der Waals surface area contributed by atoms with Gasteiger partial charge in [-0.3, -0.25) is 9.79 Å². The number of carbonyl (C=O) groups is 1. The zero-order valence-electron chi connectivity index (χ0n) is 16.4. The summed E-state index contributed by atoms with van der Waals surface area (Å²) in [6.45, 7) is -0.188. The summed E-state index contributed by atoms with van der Waals surface area (Å²) in [5.41, 5.74) is -3.95. The molecule has 0 N–H and O–H groups in total. The lowest BCUT2D eigenvalue weighted by Gasteiger charge is -2.32. The molecule has 0 radical (unpaired) electrons. The number of benzene rings is 2. The molecule has 11 heteroatoms. The highest BCUT2D eigenvalue weighted by molar-refractivity contribution is 9.11. The summed E-state index contributed by atoms with van der Waals surface area (Å²) in [6.07, 6.45) is -10.1. The van der Waals surface area contributed by atoms with Crippen molar-refractivity contribution in [3.8, 4) is 0 Å². The van der Waals surface area contributed by atoms with Gasteiger partial charge in [0.05, 0.1) is 12.1 Å². The Hall–Kier alpha value is -1.88. The van der Waals surface area contributed by atoms with Gasteiger partial charge in [-0.2, -0.15) is 26.3 Å². The number of hydrogen-bond acceptors (Lipinski definition) is 3. The number of ether oxygens (including phenoxy) is 1. The quantitative estimate of drug-likeness (QED) is 0.286. The van der Waals surface area contributed by atoms with Crippen molar-refractivity contribution in [3.05, 3.63) is 67.6 Å². The van der Waals surface area contributed by atoms with E-state index >= 15 is 0 Å². The molecule has 1 aliphatic rings. The van der Waals surface area contributed by atoms with E-state index < -0.39 is 48.9 Å². The van der Waals surface area contributed by atoms with E-state index in [0.717, 1.165) is 19.1 Å². The van der Waals surface area contributed by atoms with Gasteiger partial charge in [0.2, 0.25) is 0 Å². The minimum Gasteiger partial charge on any atom is -0.461 e. The lowest BCUT2D eigenvalue weighted by molar-refractivity contribution is -0.183. The van der Waals surface area contributed by atoms with E-state index in [1.807, 2.05) is 0 Å². The number of esters is 1. The molecule has 0 aliphatic carbocycles. The Morgan fingerprint density at radius 1 is 1.06 bits per heavy atom. The Morgan fingerprint density at radius 2 is 1.69 bits per heavy atom. The van der Waals surface area contributed by atoms with Crippen molar-refractivity contribution in [1.82, 2.24) is 0 Å². The van der Waals surface area contributed by atoms with Crippen molar-refractivity contribution in [2.24, 2.45) is 4.99 Å². The number of rotatable bonds is 4. The molecule has 1 unspecified atom stereocenters. The molecule has 1 atom stereocenters. The third-order valence-electron chi connectivity index (χ3n) is 5.15. The molecule has 3 nitrogen and oxygen atoms in total. The van der Waals surface area contributed by atoms with Gasteiger partial charge in [-0.05, 0) is 35.4 Å². The lowest BCUT2D eigenvalue weighted by Crippen LogP contribution is -2.43. The largest absolute Gasteiger partial charge is 0.461 e. The maximum atomic E-state index is 14.2. The normalized spacial score (nSPS) is 19.1. The first-order valence-corrected chi connectivity index (χ1v) is 10.7.